The van der Waals surface area contributed by atoms with Crippen molar-refractivity contribution < 1.29 is 23.8 Å². The van der Waals surface area contributed by atoms with Gasteiger partial charge in [0.05, 0.1) is 18.7 Å². The molecule has 0 saturated carbocycles. The molecule has 0 saturated heterocycles. The lowest BCUT2D eigenvalue weighted by atomic mass is 10.1. The van der Waals surface area contributed by atoms with Crippen LogP contribution in [-0.2, 0) is 16.1 Å². The van der Waals surface area contributed by atoms with Gasteiger partial charge >= 0.3 is 5.97 Å². The van der Waals surface area contributed by atoms with Crippen molar-refractivity contribution in [2.45, 2.75) is 19.4 Å². The van der Waals surface area contributed by atoms with Crippen molar-refractivity contribution in [3.8, 4) is 23.3 Å². The van der Waals surface area contributed by atoms with Crippen LogP contribution in [0.2, 0.25) is 10.0 Å². The van der Waals surface area contributed by atoms with Crippen LogP contribution in [0.25, 0.3) is 6.08 Å². The Hall–Kier alpha value is -3.99. The molecule has 0 atom stereocenters. The molecule has 3 aromatic carbocycles. The Morgan fingerprint density at radius 3 is 2.46 bits per heavy atom. The molecule has 7 nitrogen and oxygen atoms in total. The van der Waals surface area contributed by atoms with Crippen LogP contribution in [0.15, 0.2) is 72.3 Å². The first-order chi connectivity index (χ1) is 17.9. The van der Waals surface area contributed by atoms with Gasteiger partial charge in [-0.2, -0.15) is 5.26 Å². The quantitative estimate of drug-likeness (QED) is 0.106. The fourth-order valence-corrected chi connectivity index (χ4v) is 3.67. The van der Waals surface area contributed by atoms with Gasteiger partial charge in [0, 0.05) is 18.0 Å². The van der Waals surface area contributed by atoms with Crippen molar-refractivity contribution in [3.05, 3.63) is 93.5 Å². The van der Waals surface area contributed by atoms with Gasteiger partial charge in [0.25, 0.3) is 5.91 Å². The molecule has 3 aromatic rings. The van der Waals surface area contributed by atoms with E-state index in [1.54, 1.807) is 36.4 Å². The van der Waals surface area contributed by atoms with Gasteiger partial charge in [-0.05, 0) is 54.0 Å². The van der Waals surface area contributed by atoms with Gasteiger partial charge in [-0.25, -0.2) is 0 Å². The lowest BCUT2D eigenvalue weighted by Gasteiger charge is -2.11. The average Bonchev–Trinajstić information content (AvgIpc) is 2.90. The van der Waals surface area contributed by atoms with Gasteiger partial charge in [0.1, 0.15) is 17.4 Å². The maximum absolute atomic E-state index is 12.4. The van der Waals surface area contributed by atoms with Gasteiger partial charge < -0.3 is 19.5 Å². The number of nitrogens with zero attached hydrogens (tertiary/aromatic N) is 1. The SMILES string of the molecule is COc1cc(/C=C(\C#N)C(=O)NCc2ccccc2)ccc1OC(=O)CCCOc1ccc(Cl)cc1Cl. The molecule has 0 heterocycles. The first-order valence-electron chi connectivity index (χ1n) is 11.3. The molecule has 0 bridgehead atoms. The number of nitriles is 1. The molecule has 0 spiro atoms. The Bertz CT molecular complexity index is 1320. The van der Waals surface area contributed by atoms with E-state index in [0.717, 1.165) is 5.56 Å². The van der Waals surface area contributed by atoms with Crippen LogP contribution in [0.5, 0.6) is 17.2 Å². The van der Waals surface area contributed by atoms with Crippen LogP contribution in [0.1, 0.15) is 24.0 Å². The number of hydrogen-bond donors (Lipinski definition) is 1. The Balaban J connectivity index is 1.55. The third-order valence-electron chi connectivity index (χ3n) is 5.06. The summed E-state index contributed by atoms with van der Waals surface area (Å²) >= 11 is 11.9. The zero-order valence-corrected chi connectivity index (χ0v) is 21.5. The number of methoxy groups -OCH3 is 1. The lowest BCUT2D eigenvalue weighted by molar-refractivity contribution is -0.134. The van der Waals surface area contributed by atoms with E-state index in [0.29, 0.717) is 34.3 Å². The monoisotopic (exact) mass is 538 g/mol. The molecule has 0 aliphatic heterocycles. The largest absolute Gasteiger partial charge is 0.493 e. The minimum Gasteiger partial charge on any atom is -0.493 e. The Morgan fingerprint density at radius 2 is 1.76 bits per heavy atom. The fourth-order valence-electron chi connectivity index (χ4n) is 3.21. The van der Waals surface area contributed by atoms with Crippen LogP contribution in [-0.4, -0.2) is 25.6 Å². The third kappa shape index (κ3) is 8.57. The molecule has 9 heteroatoms. The molecular weight excluding hydrogens is 515 g/mol. The standard InChI is InChI=1S/C28H24Cl2N2O5/c1-35-26-15-20(14-21(17-31)28(34)32-18-19-6-3-2-4-7-19)9-11-25(26)37-27(33)8-5-13-36-24-12-10-22(29)16-23(24)30/h2-4,6-7,9-12,14-16H,5,8,13,18H2,1H3,(H,32,34)/b21-14+. The van der Waals surface area contributed by atoms with E-state index < -0.39 is 11.9 Å². The second-order valence-corrected chi connectivity index (χ2v) is 8.59. The average molecular weight is 539 g/mol. The van der Waals surface area contributed by atoms with Crippen LogP contribution in [0, 0.1) is 11.3 Å². The molecule has 0 aliphatic rings. The fraction of sp³-hybridized carbons (Fsp3) is 0.179. The molecule has 0 aromatic heterocycles. The van der Waals surface area contributed by atoms with Crippen molar-refractivity contribution in [2.75, 3.05) is 13.7 Å². The van der Waals surface area contributed by atoms with E-state index in [1.165, 1.54) is 13.2 Å². The summed E-state index contributed by atoms with van der Waals surface area (Å²) < 4.78 is 16.3. The molecular formula is C28H24Cl2N2O5. The zero-order chi connectivity index (χ0) is 26.6. The van der Waals surface area contributed by atoms with Crippen molar-refractivity contribution in [1.29, 1.82) is 5.26 Å². The summed E-state index contributed by atoms with van der Waals surface area (Å²) in [5, 5.41) is 13.1. The van der Waals surface area contributed by atoms with Crippen LogP contribution in [0.3, 0.4) is 0 Å². The number of amides is 1. The smallest absolute Gasteiger partial charge is 0.311 e. The molecule has 3 rings (SSSR count). The van der Waals surface area contributed by atoms with Gasteiger partial charge in [0.15, 0.2) is 11.5 Å². The van der Waals surface area contributed by atoms with E-state index in [1.807, 2.05) is 36.4 Å². The van der Waals surface area contributed by atoms with Crippen molar-refractivity contribution in [2.24, 2.45) is 0 Å². The Kier molecular flexibility index (Phi) is 10.4. The molecule has 0 aliphatic carbocycles. The van der Waals surface area contributed by atoms with Crippen LogP contribution in [0.4, 0.5) is 0 Å². The topological polar surface area (TPSA) is 97.6 Å². The molecule has 0 fully saturated rings. The van der Waals surface area contributed by atoms with Crippen molar-refractivity contribution in [3.63, 3.8) is 0 Å². The highest BCUT2D eigenvalue weighted by molar-refractivity contribution is 6.35. The first-order valence-corrected chi connectivity index (χ1v) is 12.1. The van der Waals surface area contributed by atoms with Gasteiger partial charge in [-0.1, -0.05) is 59.6 Å². The van der Waals surface area contributed by atoms with Gasteiger partial charge in [-0.15, -0.1) is 0 Å². The number of nitrogens with one attached hydrogen (secondary N) is 1. The van der Waals surface area contributed by atoms with Crippen molar-refractivity contribution in [1.82, 2.24) is 5.32 Å². The number of hydrogen-bond acceptors (Lipinski definition) is 6. The third-order valence-corrected chi connectivity index (χ3v) is 5.59. The zero-order valence-electron chi connectivity index (χ0n) is 20.0. The highest BCUT2D eigenvalue weighted by Crippen LogP contribution is 2.30. The number of rotatable bonds is 11. The molecule has 37 heavy (non-hydrogen) atoms. The number of esters is 1. The normalized spacial score (nSPS) is 10.8. The number of benzene rings is 3. The molecule has 0 unspecified atom stereocenters. The highest BCUT2D eigenvalue weighted by atomic mass is 35.5. The van der Waals surface area contributed by atoms with E-state index in [2.05, 4.69) is 5.32 Å². The summed E-state index contributed by atoms with van der Waals surface area (Å²) in [7, 11) is 1.43. The molecule has 0 radical (unpaired) electrons. The number of carbonyl (C=O) groups is 2. The Labute approximate surface area is 225 Å². The second kappa shape index (κ2) is 13.9. The van der Waals surface area contributed by atoms with Gasteiger partial charge in [0.2, 0.25) is 0 Å². The highest BCUT2D eigenvalue weighted by Gasteiger charge is 2.13. The van der Waals surface area contributed by atoms with Gasteiger partial charge in [-0.3, -0.25) is 9.59 Å². The second-order valence-electron chi connectivity index (χ2n) is 7.75. The first kappa shape index (κ1) is 27.6. The predicted octanol–water partition coefficient (Wildman–Crippen LogP) is 5.99. The van der Waals surface area contributed by atoms with E-state index >= 15 is 0 Å². The summed E-state index contributed by atoms with van der Waals surface area (Å²) in [5.41, 5.74) is 1.39. The van der Waals surface area contributed by atoms with Crippen molar-refractivity contribution >= 4 is 41.2 Å². The summed E-state index contributed by atoms with van der Waals surface area (Å²) in [6.45, 7) is 0.565. The maximum atomic E-state index is 12.4. The van der Waals surface area contributed by atoms with Crippen LogP contribution < -0.4 is 19.5 Å². The summed E-state index contributed by atoms with van der Waals surface area (Å²) in [6.07, 6.45) is 1.95. The minimum atomic E-state index is -0.497. The number of ether oxygens (including phenoxy) is 3. The molecule has 1 N–H and O–H groups in total. The Morgan fingerprint density at radius 1 is 1.00 bits per heavy atom. The molecule has 1 amide bonds. The summed E-state index contributed by atoms with van der Waals surface area (Å²) in [6, 6.07) is 20.9. The summed E-state index contributed by atoms with van der Waals surface area (Å²) in [4.78, 5) is 24.7. The van der Waals surface area contributed by atoms with E-state index in [-0.39, 0.29) is 30.1 Å². The number of carbonyl (C=O) groups excluding carboxylic acids is 2. The molecule has 190 valence electrons. The lowest BCUT2D eigenvalue weighted by Crippen LogP contribution is -2.23. The van der Waals surface area contributed by atoms with E-state index in [4.69, 9.17) is 37.4 Å². The van der Waals surface area contributed by atoms with E-state index in [9.17, 15) is 14.9 Å². The van der Waals surface area contributed by atoms with Crippen LogP contribution >= 0.6 is 23.2 Å². The maximum Gasteiger partial charge on any atom is 0.311 e. The summed E-state index contributed by atoms with van der Waals surface area (Å²) in [5.74, 6) is 0.0233. The number of halogens is 2. The minimum absolute atomic E-state index is 0.0662. The predicted molar refractivity (Wildman–Crippen MR) is 142 cm³/mol.